The van der Waals surface area contributed by atoms with E-state index in [9.17, 15) is 10.2 Å². The summed E-state index contributed by atoms with van der Waals surface area (Å²) in [7, 11) is 4.00. The summed E-state index contributed by atoms with van der Waals surface area (Å²) in [6.45, 7) is 25.9. The molecule has 2 N–H and O–H groups in total. The number of hydrogen-bond donors (Lipinski definition) is 2. The molecule has 9 nitrogen and oxygen atoms in total. The van der Waals surface area contributed by atoms with Gasteiger partial charge in [-0.05, 0) is 57.1 Å². The molecule has 0 amide bonds. The summed E-state index contributed by atoms with van der Waals surface area (Å²) in [6.07, 6.45) is 1.53. The number of para-hydroxylation sites is 2. The maximum absolute atomic E-state index is 11.8. The molecule has 9 aromatic rings. The number of aryl methyl sites for hydroxylation is 2. The van der Waals surface area contributed by atoms with Gasteiger partial charge in [0.25, 0.3) is 0 Å². The summed E-state index contributed by atoms with van der Waals surface area (Å²) in [6, 6.07) is 39.9. The summed E-state index contributed by atoms with van der Waals surface area (Å²) in [5.74, 6) is 2.85. The maximum atomic E-state index is 11.8. The molecule has 0 fully saturated rings. The summed E-state index contributed by atoms with van der Waals surface area (Å²) in [4.78, 5) is 24.7. The third-order valence-electron chi connectivity index (χ3n) is 13.1. The molecule has 3 aromatic heterocycles. The van der Waals surface area contributed by atoms with Gasteiger partial charge < -0.3 is 19.3 Å². The van der Waals surface area contributed by atoms with E-state index >= 15 is 0 Å². The number of aromatic nitrogens is 7. The predicted molar refractivity (Wildman–Crippen MR) is 277 cm³/mol. The number of fused-ring (bicyclic) bond motifs is 2. The van der Waals surface area contributed by atoms with E-state index in [0.29, 0.717) is 45.6 Å². The van der Waals surface area contributed by atoms with Crippen LogP contribution in [-0.2, 0) is 77.9 Å². The Bertz CT molecular complexity index is 3230. The van der Waals surface area contributed by atoms with E-state index in [0.717, 1.165) is 66.6 Å². The molecule has 70 heavy (non-hydrogen) atoms. The maximum Gasteiger partial charge on any atom is 0.143 e. The molecule has 11 heteroatoms. The third kappa shape index (κ3) is 9.56. The van der Waals surface area contributed by atoms with Crippen molar-refractivity contribution in [1.82, 2.24) is 34.1 Å². The molecule has 0 saturated heterocycles. The fraction of sp³-hybridized carbons (Fsp3) is 0.305. The number of hydrogen-bond acceptors (Lipinski definition) is 7. The van der Waals surface area contributed by atoms with Crippen molar-refractivity contribution in [2.45, 2.75) is 105 Å². The van der Waals surface area contributed by atoms with Crippen LogP contribution < -0.4 is 0 Å². The van der Waals surface area contributed by atoms with Crippen LogP contribution in [0.1, 0.15) is 105 Å². The second-order valence-electron chi connectivity index (χ2n) is 22.3. The SMILES string of the molecule is Cn1c(-c2cc(C(C)(C)C)cc(C(C)(C)C)c2O)nc2c(-c3[c-]c(-c4ncnc(-c5[c-]c(-c6cccc7c6nc(-c6cc(C(C)(C)C)cc(C(C)(C)C)c6O)n7C)ccc5)n4)ccc3)cccc21.[Pt].[Pt]. The van der Waals surface area contributed by atoms with Crippen LogP contribution in [0.2, 0.25) is 0 Å². The van der Waals surface area contributed by atoms with Gasteiger partial charge in [-0.15, -0.1) is 59.7 Å². The quantitative estimate of drug-likeness (QED) is 0.159. The second-order valence-corrected chi connectivity index (χ2v) is 22.3. The molecule has 366 valence electrons. The molecule has 3 heterocycles. The van der Waals surface area contributed by atoms with Crippen molar-refractivity contribution in [3.8, 4) is 79.3 Å². The van der Waals surface area contributed by atoms with Crippen molar-refractivity contribution in [1.29, 1.82) is 0 Å². The minimum absolute atomic E-state index is 0. The van der Waals surface area contributed by atoms with Gasteiger partial charge in [0.15, 0.2) is 0 Å². The Hall–Kier alpha value is -5.75. The third-order valence-corrected chi connectivity index (χ3v) is 13.1. The van der Waals surface area contributed by atoms with Gasteiger partial charge in [-0.1, -0.05) is 142 Å². The number of aromatic hydroxyl groups is 2. The largest absolute Gasteiger partial charge is 0.507 e. The van der Waals surface area contributed by atoms with Crippen molar-refractivity contribution in [3.63, 3.8) is 0 Å². The monoisotopic (exact) mass is 1290 g/mol. The van der Waals surface area contributed by atoms with Crippen molar-refractivity contribution in [2.24, 2.45) is 14.1 Å². The molecule has 0 aliphatic carbocycles. The molecular weight excluding hydrogens is 1230 g/mol. The standard InChI is InChI=1S/C59H61N7O2.2Pt/c1-56(2,3)38-29-42(50(67)44(31-38)58(7,8)9)54-62-48-40(23-17-25-46(48)65(54)13)34-19-15-21-36(27-34)52-60-33-61-53(64-52)37-22-16-20-35(28-37)41-24-18-26-47-49(41)63-55(66(47)14)43-30-39(57(4,5)6)32-45(51(43)68)59(10,11)12;;/h15-26,29-33,67-68H,1-14H3;;/q-2;;. The molecule has 0 aliphatic rings. The van der Waals surface area contributed by atoms with E-state index in [2.05, 4.69) is 163 Å². The van der Waals surface area contributed by atoms with Gasteiger partial charge in [0.05, 0.1) is 44.8 Å². The van der Waals surface area contributed by atoms with Gasteiger partial charge in [0, 0.05) is 67.4 Å². The first-order valence-electron chi connectivity index (χ1n) is 23.3. The molecule has 0 spiro atoms. The van der Waals surface area contributed by atoms with Crippen LogP contribution in [-0.4, -0.2) is 44.3 Å². The predicted octanol–water partition coefficient (Wildman–Crippen LogP) is 13.8. The molecule has 0 unspecified atom stereocenters. The zero-order valence-electron chi connectivity index (χ0n) is 42.5. The Kier molecular flexibility index (Phi) is 14.0. The first-order valence-corrected chi connectivity index (χ1v) is 23.3. The van der Waals surface area contributed by atoms with Gasteiger partial charge in [-0.25, -0.2) is 9.97 Å². The molecule has 0 aliphatic heterocycles. The van der Waals surface area contributed by atoms with Crippen molar-refractivity contribution < 1.29 is 52.3 Å². The van der Waals surface area contributed by atoms with E-state index in [1.807, 2.05) is 62.6 Å². The zero-order chi connectivity index (χ0) is 48.8. The molecule has 9 rings (SSSR count). The first kappa shape index (κ1) is 52.1. The van der Waals surface area contributed by atoms with E-state index < -0.39 is 0 Å². The van der Waals surface area contributed by atoms with Crippen LogP contribution in [0.15, 0.2) is 103 Å². The summed E-state index contributed by atoms with van der Waals surface area (Å²) >= 11 is 0. The summed E-state index contributed by atoms with van der Waals surface area (Å²) < 4.78 is 4.12. The fourth-order valence-electron chi connectivity index (χ4n) is 9.03. The number of phenolic OH excluding ortho intramolecular Hbond substituents is 2. The Balaban J connectivity index is 0.00000361. The van der Waals surface area contributed by atoms with Crippen molar-refractivity contribution in [3.05, 3.63) is 138 Å². The normalized spacial score (nSPS) is 12.3. The van der Waals surface area contributed by atoms with E-state index in [1.165, 1.54) is 6.33 Å². The Labute approximate surface area is 441 Å². The Morgan fingerprint density at radius 1 is 0.429 bits per heavy atom. The molecule has 0 atom stereocenters. The molecule has 0 saturated carbocycles. The van der Waals surface area contributed by atoms with Crippen molar-refractivity contribution >= 4 is 22.1 Å². The molecular formula is C59H61N7O2Pt2-2. The first-order chi connectivity index (χ1) is 31.9. The van der Waals surface area contributed by atoms with Crippen molar-refractivity contribution in [2.75, 3.05) is 0 Å². The molecule has 6 aromatic carbocycles. The molecule has 0 radical (unpaired) electrons. The average Bonchev–Trinajstić information content (AvgIpc) is 3.80. The van der Waals surface area contributed by atoms with Gasteiger partial charge in [-0.3, -0.25) is 15.0 Å². The smallest absolute Gasteiger partial charge is 0.143 e. The van der Waals surface area contributed by atoms with Crippen LogP contribution in [0.3, 0.4) is 0 Å². The van der Waals surface area contributed by atoms with Crippen LogP contribution in [0.25, 0.3) is 89.9 Å². The summed E-state index contributed by atoms with van der Waals surface area (Å²) in [5.41, 5.74) is 13.1. The van der Waals surface area contributed by atoms with Gasteiger partial charge in [0.1, 0.15) is 29.5 Å². The van der Waals surface area contributed by atoms with Crippen LogP contribution in [0.5, 0.6) is 11.5 Å². The van der Waals surface area contributed by atoms with E-state index in [4.69, 9.17) is 15.0 Å². The van der Waals surface area contributed by atoms with Gasteiger partial charge in [0.2, 0.25) is 0 Å². The van der Waals surface area contributed by atoms with Gasteiger partial charge in [-0.2, -0.15) is 0 Å². The minimum atomic E-state index is -0.275. The van der Waals surface area contributed by atoms with Crippen LogP contribution in [0.4, 0.5) is 0 Å². The van der Waals surface area contributed by atoms with Crippen LogP contribution in [0, 0.1) is 12.1 Å². The zero-order valence-corrected chi connectivity index (χ0v) is 47.0. The van der Waals surface area contributed by atoms with Crippen LogP contribution >= 0.6 is 0 Å². The topological polar surface area (TPSA) is 115 Å². The Morgan fingerprint density at radius 2 is 0.786 bits per heavy atom. The number of phenols is 2. The minimum Gasteiger partial charge on any atom is -0.507 e. The number of imidazole rings is 2. The average molecular weight is 1290 g/mol. The fourth-order valence-corrected chi connectivity index (χ4v) is 9.03. The molecule has 0 bridgehead atoms. The Morgan fingerprint density at radius 3 is 1.14 bits per heavy atom. The number of benzene rings is 6. The second kappa shape index (κ2) is 18.8. The van der Waals surface area contributed by atoms with E-state index in [-0.39, 0.29) is 75.3 Å². The number of rotatable bonds is 6. The number of nitrogens with zero attached hydrogens (tertiary/aromatic N) is 7. The van der Waals surface area contributed by atoms with E-state index in [1.54, 1.807) is 0 Å². The summed E-state index contributed by atoms with van der Waals surface area (Å²) in [5, 5.41) is 23.6. The van der Waals surface area contributed by atoms with Gasteiger partial charge >= 0.3 is 0 Å².